The SMILES string of the molecule is CC[C@@H]1CCCCN1C(=O)c1ccccc1-c1nc(-c2ccccc2OC)no1. The molecular weight excluding hydrogens is 366 g/mol. The lowest BCUT2D eigenvalue weighted by Gasteiger charge is -2.35. The van der Waals surface area contributed by atoms with E-state index in [-0.39, 0.29) is 11.9 Å². The number of rotatable bonds is 5. The fourth-order valence-electron chi connectivity index (χ4n) is 3.97. The van der Waals surface area contributed by atoms with E-state index >= 15 is 0 Å². The van der Waals surface area contributed by atoms with Gasteiger partial charge in [-0.15, -0.1) is 0 Å². The van der Waals surface area contributed by atoms with E-state index in [1.165, 1.54) is 6.42 Å². The van der Waals surface area contributed by atoms with Gasteiger partial charge in [-0.2, -0.15) is 4.98 Å². The van der Waals surface area contributed by atoms with Gasteiger partial charge in [0.2, 0.25) is 5.82 Å². The molecule has 1 aliphatic heterocycles. The van der Waals surface area contributed by atoms with Crippen molar-refractivity contribution in [3.8, 4) is 28.6 Å². The van der Waals surface area contributed by atoms with Crippen molar-refractivity contribution in [3.05, 3.63) is 54.1 Å². The number of benzene rings is 2. The van der Waals surface area contributed by atoms with E-state index in [0.717, 1.165) is 31.4 Å². The molecule has 150 valence electrons. The zero-order chi connectivity index (χ0) is 20.2. The van der Waals surface area contributed by atoms with Gasteiger partial charge in [0.15, 0.2) is 0 Å². The number of methoxy groups -OCH3 is 1. The topological polar surface area (TPSA) is 68.5 Å². The summed E-state index contributed by atoms with van der Waals surface area (Å²) in [6.45, 7) is 2.93. The smallest absolute Gasteiger partial charge is 0.259 e. The van der Waals surface area contributed by atoms with E-state index in [0.29, 0.717) is 28.6 Å². The number of ether oxygens (including phenoxy) is 1. The molecule has 0 unspecified atom stereocenters. The maximum absolute atomic E-state index is 13.4. The van der Waals surface area contributed by atoms with Crippen molar-refractivity contribution in [1.29, 1.82) is 0 Å². The molecule has 1 fully saturated rings. The molecule has 29 heavy (non-hydrogen) atoms. The van der Waals surface area contributed by atoms with E-state index in [9.17, 15) is 4.79 Å². The molecule has 1 atom stereocenters. The van der Waals surface area contributed by atoms with Crippen LogP contribution in [0.3, 0.4) is 0 Å². The third-order valence-corrected chi connectivity index (χ3v) is 5.52. The van der Waals surface area contributed by atoms with Crippen molar-refractivity contribution in [2.45, 2.75) is 38.6 Å². The molecule has 1 saturated heterocycles. The molecule has 3 aromatic rings. The average molecular weight is 391 g/mol. The molecule has 1 amide bonds. The van der Waals surface area contributed by atoms with Gasteiger partial charge in [0.1, 0.15) is 5.75 Å². The van der Waals surface area contributed by atoms with Crippen LogP contribution in [0.5, 0.6) is 5.75 Å². The van der Waals surface area contributed by atoms with Crippen LogP contribution in [0.2, 0.25) is 0 Å². The van der Waals surface area contributed by atoms with Crippen molar-refractivity contribution in [1.82, 2.24) is 15.0 Å². The van der Waals surface area contributed by atoms with Crippen LogP contribution in [-0.2, 0) is 0 Å². The largest absolute Gasteiger partial charge is 0.496 e. The molecule has 0 bridgehead atoms. The van der Waals surface area contributed by atoms with Crippen LogP contribution < -0.4 is 4.74 Å². The van der Waals surface area contributed by atoms with Gasteiger partial charge in [-0.3, -0.25) is 4.79 Å². The minimum atomic E-state index is 0.0317. The Labute approximate surface area is 170 Å². The number of para-hydroxylation sites is 1. The predicted molar refractivity (Wildman–Crippen MR) is 111 cm³/mol. The van der Waals surface area contributed by atoms with Crippen molar-refractivity contribution in [2.75, 3.05) is 13.7 Å². The Morgan fingerprint density at radius 3 is 2.69 bits per heavy atom. The van der Waals surface area contributed by atoms with E-state index in [4.69, 9.17) is 9.26 Å². The third-order valence-electron chi connectivity index (χ3n) is 5.52. The summed E-state index contributed by atoms with van der Waals surface area (Å²) in [6.07, 6.45) is 4.24. The summed E-state index contributed by atoms with van der Waals surface area (Å²) in [4.78, 5) is 19.9. The molecule has 2 aromatic carbocycles. The lowest BCUT2D eigenvalue weighted by atomic mass is 9.97. The van der Waals surface area contributed by atoms with Gasteiger partial charge in [0, 0.05) is 12.6 Å². The zero-order valence-electron chi connectivity index (χ0n) is 16.8. The molecule has 0 aliphatic carbocycles. The highest BCUT2D eigenvalue weighted by Crippen LogP contribution is 2.31. The maximum Gasteiger partial charge on any atom is 0.259 e. The molecule has 4 rings (SSSR count). The van der Waals surface area contributed by atoms with Crippen molar-refractivity contribution in [2.24, 2.45) is 0 Å². The summed E-state index contributed by atoms with van der Waals surface area (Å²) < 4.78 is 10.9. The van der Waals surface area contributed by atoms with Crippen molar-refractivity contribution in [3.63, 3.8) is 0 Å². The van der Waals surface area contributed by atoms with Crippen molar-refractivity contribution < 1.29 is 14.1 Å². The van der Waals surface area contributed by atoms with Gasteiger partial charge in [-0.25, -0.2) is 0 Å². The molecule has 0 saturated carbocycles. The van der Waals surface area contributed by atoms with Gasteiger partial charge in [0.05, 0.1) is 23.8 Å². The maximum atomic E-state index is 13.4. The number of likely N-dealkylation sites (tertiary alicyclic amines) is 1. The number of amides is 1. The highest BCUT2D eigenvalue weighted by Gasteiger charge is 2.28. The van der Waals surface area contributed by atoms with Gasteiger partial charge in [-0.1, -0.05) is 36.3 Å². The second-order valence-electron chi connectivity index (χ2n) is 7.23. The van der Waals surface area contributed by atoms with Gasteiger partial charge < -0.3 is 14.2 Å². The van der Waals surface area contributed by atoms with Crippen LogP contribution in [-0.4, -0.2) is 40.6 Å². The minimum Gasteiger partial charge on any atom is -0.496 e. The Morgan fingerprint density at radius 2 is 1.90 bits per heavy atom. The Kier molecular flexibility index (Phi) is 5.60. The van der Waals surface area contributed by atoms with E-state index in [2.05, 4.69) is 17.1 Å². The molecule has 1 aliphatic rings. The van der Waals surface area contributed by atoms with Crippen LogP contribution in [0.4, 0.5) is 0 Å². The second-order valence-corrected chi connectivity index (χ2v) is 7.23. The Hall–Kier alpha value is -3.15. The molecule has 6 heteroatoms. The van der Waals surface area contributed by atoms with Crippen LogP contribution in [0.1, 0.15) is 43.0 Å². The van der Waals surface area contributed by atoms with Gasteiger partial charge >= 0.3 is 0 Å². The quantitative estimate of drug-likeness (QED) is 0.624. The molecule has 2 heterocycles. The highest BCUT2D eigenvalue weighted by molar-refractivity contribution is 6.00. The number of hydrogen-bond acceptors (Lipinski definition) is 5. The van der Waals surface area contributed by atoms with Gasteiger partial charge in [0.25, 0.3) is 11.8 Å². The van der Waals surface area contributed by atoms with E-state index in [1.807, 2.05) is 53.4 Å². The molecule has 0 N–H and O–H groups in total. The number of piperidine rings is 1. The minimum absolute atomic E-state index is 0.0317. The fraction of sp³-hybridized carbons (Fsp3) is 0.348. The summed E-state index contributed by atoms with van der Waals surface area (Å²) in [6, 6.07) is 15.3. The standard InChI is InChI=1S/C23H25N3O3/c1-3-16-10-8-9-15-26(16)23(27)18-12-5-4-11-17(18)22-24-21(25-29-22)19-13-6-7-14-20(19)28-2/h4-7,11-14,16H,3,8-10,15H2,1-2H3/t16-/m1/s1. The molecule has 0 radical (unpaired) electrons. The Balaban J connectivity index is 1.69. The monoisotopic (exact) mass is 391 g/mol. The number of aromatic nitrogens is 2. The zero-order valence-corrected chi connectivity index (χ0v) is 16.8. The highest BCUT2D eigenvalue weighted by atomic mass is 16.5. The van der Waals surface area contributed by atoms with Crippen LogP contribution in [0.25, 0.3) is 22.8 Å². The molecule has 1 aromatic heterocycles. The number of nitrogens with zero attached hydrogens (tertiary/aromatic N) is 3. The first-order valence-electron chi connectivity index (χ1n) is 10.1. The summed E-state index contributed by atoms with van der Waals surface area (Å²) in [7, 11) is 1.61. The average Bonchev–Trinajstić information content (AvgIpc) is 3.28. The number of carbonyl (C=O) groups excluding carboxylic acids is 1. The lowest BCUT2D eigenvalue weighted by molar-refractivity contribution is 0.0608. The summed E-state index contributed by atoms with van der Waals surface area (Å²) in [5.74, 6) is 1.47. The van der Waals surface area contributed by atoms with Gasteiger partial charge in [-0.05, 0) is 49.9 Å². The number of carbonyl (C=O) groups is 1. The Morgan fingerprint density at radius 1 is 1.14 bits per heavy atom. The molecular formula is C23H25N3O3. The summed E-state index contributed by atoms with van der Waals surface area (Å²) >= 11 is 0. The normalized spacial score (nSPS) is 16.6. The van der Waals surface area contributed by atoms with E-state index in [1.54, 1.807) is 7.11 Å². The van der Waals surface area contributed by atoms with Crippen LogP contribution >= 0.6 is 0 Å². The Bertz CT molecular complexity index is 998. The predicted octanol–water partition coefficient (Wildman–Crippen LogP) is 4.82. The third kappa shape index (κ3) is 3.75. The van der Waals surface area contributed by atoms with Crippen molar-refractivity contribution >= 4 is 5.91 Å². The lowest BCUT2D eigenvalue weighted by Crippen LogP contribution is -2.43. The molecule has 6 nitrogen and oxygen atoms in total. The first-order valence-corrected chi connectivity index (χ1v) is 10.1. The van der Waals surface area contributed by atoms with Crippen LogP contribution in [0, 0.1) is 0 Å². The fourth-order valence-corrected chi connectivity index (χ4v) is 3.97. The summed E-state index contributed by atoms with van der Waals surface area (Å²) in [5, 5.41) is 4.12. The summed E-state index contributed by atoms with van der Waals surface area (Å²) in [5.41, 5.74) is 2.01. The second kappa shape index (κ2) is 8.47. The first-order chi connectivity index (χ1) is 14.2. The first kappa shape index (κ1) is 19.2. The number of hydrogen-bond donors (Lipinski definition) is 0. The van der Waals surface area contributed by atoms with Crippen LogP contribution in [0.15, 0.2) is 53.1 Å². The molecule has 0 spiro atoms. The van der Waals surface area contributed by atoms with E-state index < -0.39 is 0 Å².